The molecule has 1 aromatic carbocycles. The predicted molar refractivity (Wildman–Crippen MR) is 111 cm³/mol. The lowest BCUT2D eigenvalue weighted by Gasteiger charge is -2.33. The summed E-state index contributed by atoms with van der Waals surface area (Å²) in [5.74, 6) is 1.19. The van der Waals surface area contributed by atoms with E-state index in [-0.39, 0.29) is 0 Å². The van der Waals surface area contributed by atoms with Gasteiger partial charge < -0.3 is 25.0 Å². The Hall–Kier alpha value is -2.31. The zero-order valence-corrected chi connectivity index (χ0v) is 16.6. The minimum Gasteiger partial charge on any atom is -0.476 e. The van der Waals surface area contributed by atoms with Crippen molar-refractivity contribution in [2.75, 3.05) is 43.1 Å². The van der Waals surface area contributed by atoms with Gasteiger partial charge in [0.2, 0.25) is 5.88 Å². The zero-order chi connectivity index (χ0) is 19.1. The van der Waals surface area contributed by atoms with Crippen molar-refractivity contribution in [3.63, 3.8) is 0 Å². The predicted octanol–water partition coefficient (Wildman–Crippen LogP) is 3.33. The molecule has 2 aromatic rings. The van der Waals surface area contributed by atoms with Gasteiger partial charge in [0.25, 0.3) is 0 Å². The summed E-state index contributed by atoms with van der Waals surface area (Å²) in [4.78, 5) is 7.06. The van der Waals surface area contributed by atoms with Crippen molar-refractivity contribution >= 4 is 17.1 Å². The first-order valence-electron chi connectivity index (χ1n) is 10.3. The highest BCUT2D eigenvalue weighted by Gasteiger charge is 2.41. The molecule has 0 aliphatic carbocycles. The maximum Gasteiger partial charge on any atom is 0.237 e. The van der Waals surface area contributed by atoms with Gasteiger partial charge in [0, 0.05) is 48.2 Å². The van der Waals surface area contributed by atoms with Crippen molar-refractivity contribution in [3.05, 3.63) is 41.1 Å². The van der Waals surface area contributed by atoms with Crippen LogP contribution in [0.15, 0.2) is 24.4 Å². The Morgan fingerprint density at radius 1 is 1.36 bits per heavy atom. The van der Waals surface area contributed by atoms with Crippen LogP contribution < -0.4 is 20.3 Å². The molecule has 0 radical (unpaired) electrons. The van der Waals surface area contributed by atoms with E-state index >= 15 is 0 Å². The van der Waals surface area contributed by atoms with Crippen LogP contribution in [-0.2, 0) is 11.3 Å². The molecule has 0 amide bonds. The van der Waals surface area contributed by atoms with Gasteiger partial charge in [-0.1, -0.05) is 0 Å². The molecule has 6 heteroatoms. The van der Waals surface area contributed by atoms with E-state index in [1.165, 1.54) is 23.2 Å². The van der Waals surface area contributed by atoms with Crippen LogP contribution in [0.25, 0.3) is 0 Å². The van der Waals surface area contributed by atoms with E-state index in [9.17, 15) is 0 Å². The molecule has 2 atom stereocenters. The molecule has 2 N–H and O–H groups in total. The summed E-state index contributed by atoms with van der Waals surface area (Å²) in [6.45, 7) is 9.23. The van der Waals surface area contributed by atoms with Crippen LogP contribution in [0, 0.1) is 6.92 Å². The molecule has 1 saturated heterocycles. The molecule has 0 bridgehead atoms. The highest BCUT2D eigenvalue weighted by atomic mass is 16.5. The lowest BCUT2D eigenvalue weighted by molar-refractivity contribution is 0.130. The second kappa shape index (κ2) is 7.26. The topological polar surface area (TPSA) is 58.7 Å². The first-order chi connectivity index (χ1) is 13.7. The quantitative estimate of drug-likeness (QED) is 0.849. The van der Waals surface area contributed by atoms with E-state index < -0.39 is 0 Å². The number of anilines is 3. The average Bonchev–Trinajstić information content (AvgIpc) is 2.86. The van der Waals surface area contributed by atoms with Gasteiger partial charge in [0.1, 0.15) is 5.69 Å². The number of ether oxygens (including phenoxy) is 2. The monoisotopic (exact) mass is 380 g/mol. The van der Waals surface area contributed by atoms with Crippen molar-refractivity contribution in [2.45, 2.75) is 38.8 Å². The molecule has 1 aromatic heterocycles. The molecule has 148 valence electrons. The molecule has 0 spiro atoms. The second-order valence-electron chi connectivity index (χ2n) is 7.91. The molecule has 5 rings (SSSR count). The van der Waals surface area contributed by atoms with Gasteiger partial charge in [-0.3, -0.25) is 0 Å². The summed E-state index contributed by atoms with van der Waals surface area (Å²) in [6.07, 6.45) is 3.04. The molecule has 6 nitrogen and oxygen atoms in total. The highest BCUT2D eigenvalue weighted by molar-refractivity contribution is 5.75. The SMILES string of the molecule is CCOc1ncc(C)cc1Nc1cc2c3c(c1)[C@@H]1CNCC[C@@H]1N3CCOC2. The van der Waals surface area contributed by atoms with E-state index in [0.29, 0.717) is 31.1 Å². The average molecular weight is 380 g/mol. The Kier molecular flexibility index (Phi) is 4.61. The fraction of sp³-hybridized carbons (Fsp3) is 0.500. The number of aryl methyl sites for hydroxylation is 1. The van der Waals surface area contributed by atoms with Crippen molar-refractivity contribution in [1.82, 2.24) is 10.3 Å². The summed E-state index contributed by atoms with van der Waals surface area (Å²) in [7, 11) is 0. The number of fused-ring (bicyclic) bond motifs is 3. The third-order valence-electron chi connectivity index (χ3n) is 6.03. The summed E-state index contributed by atoms with van der Waals surface area (Å²) >= 11 is 0. The molecule has 0 saturated carbocycles. The van der Waals surface area contributed by atoms with Gasteiger partial charge in [0.15, 0.2) is 0 Å². The number of pyridine rings is 1. The van der Waals surface area contributed by atoms with Crippen LogP contribution in [0.1, 0.15) is 36.0 Å². The van der Waals surface area contributed by atoms with Crippen LogP contribution in [0.4, 0.5) is 17.1 Å². The van der Waals surface area contributed by atoms with Gasteiger partial charge >= 0.3 is 0 Å². The number of rotatable bonds is 4. The minimum atomic E-state index is 0.546. The number of hydrogen-bond acceptors (Lipinski definition) is 6. The molecular formula is C22H28N4O2. The smallest absolute Gasteiger partial charge is 0.237 e. The Morgan fingerprint density at radius 3 is 3.18 bits per heavy atom. The summed E-state index contributed by atoms with van der Waals surface area (Å²) in [5.41, 5.74) is 7.24. The summed E-state index contributed by atoms with van der Waals surface area (Å²) < 4.78 is 11.7. The number of benzene rings is 1. The third kappa shape index (κ3) is 3.01. The van der Waals surface area contributed by atoms with Crippen LogP contribution in [0.5, 0.6) is 5.88 Å². The zero-order valence-electron chi connectivity index (χ0n) is 16.6. The molecule has 0 unspecified atom stereocenters. The first-order valence-corrected chi connectivity index (χ1v) is 10.3. The maximum absolute atomic E-state index is 5.92. The van der Waals surface area contributed by atoms with E-state index in [1.54, 1.807) is 0 Å². The van der Waals surface area contributed by atoms with E-state index in [4.69, 9.17) is 9.47 Å². The first kappa shape index (κ1) is 17.8. The lowest BCUT2D eigenvalue weighted by atomic mass is 9.89. The Labute approximate surface area is 166 Å². The number of nitrogens with one attached hydrogen (secondary N) is 2. The standard InChI is InChI=1S/C22H28N4O2/c1-3-28-22-19(8-14(2)11-24-22)25-16-9-15-13-27-7-6-26-20-4-5-23-12-18(20)17(10-16)21(15)26/h8-11,18,20,23,25H,3-7,12-13H2,1-2H3/t18-,20-/m0/s1. The molecule has 3 aliphatic heterocycles. The van der Waals surface area contributed by atoms with Gasteiger partial charge in [0.05, 0.1) is 19.8 Å². The Morgan fingerprint density at radius 2 is 2.29 bits per heavy atom. The number of aromatic nitrogens is 1. The van der Waals surface area contributed by atoms with Gasteiger partial charge in [-0.25, -0.2) is 4.98 Å². The molecule has 28 heavy (non-hydrogen) atoms. The molecular weight excluding hydrogens is 352 g/mol. The van der Waals surface area contributed by atoms with Gasteiger partial charge in [-0.2, -0.15) is 0 Å². The van der Waals surface area contributed by atoms with Gasteiger partial charge in [-0.05, 0) is 56.1 Å². The van der Waals surface area contributed by atoms with Crippen molar-refractivity contribution in [1.29, 1.82) is 0 Å². The number of hydrogen-bond donors (Lipinski definition) is 2. The van der Waals surface area contributed by atoms with Crippen LogP contribution in [0.2, 0.25) is 0 Å². The molecule has 3 aliphatic rings. The van der Waals surface area contributed by atoms with E-state index in [2.05, 4.69) is 45.6 Å². The third-order valence-corrected chi connectivity index (χ3v) is 6.03. The van der Waals surface area contributed by atoms with Gasteiger partial charge in [-0.15, -0.1) is 0 Å². The highest BCUT2D eigenvalue weighted by Crippen LogP contribution is 2.47. The molecule has 4 heterocycles. The fourth-order valence-electron chi connectivity index (χ4n) is 4.91. The largest absolute Gasteiger partial charge is 0.476 e. The van der Waals surface area contributed by atoms with E-state index in [0.717, 1.165) is 43.2 Å². The minimum absolute atomic E-state index is 0.546. The van der Waals surface area contributed by atoms with E-state index in [1.807, 2.05) is 13.1 Å². The Bertz CT molecular complexity index is 885. The van der Waals surface area contributed by atoms with Crippen LogP contribution in [-0.4, -0.2) is 43.9 Å². The second-order valence-corrected chi connectivity index (χ2v) is 7.91. The number of nitrogens with zero attached hydrogens (tertiary/aromatic N) is 2. The number of piperidine rings is 1. The van der Waals surface area contributed by atoms with Crippen molar-refractivity contribution in [3.8, 4) is 5.88 Å². The maximum atomic E-state index is 5.92. The van der Waals surface area contributed by atoms with Crippen molar-refractivity contribution in [2.24, 2.45) is 0 Å². The fourth-order valence-corrected chi connectivity index (χ4v) is 4.91. The normalized spacial score (nSPS) is 23.0. The summed E-state index contributed by atoms with van der Waals surface area (Å²) in [6, 6.07) is 7.25. The van der Waals surface area contributed by atoms with Crippen molar-refractivity contribution < 1.29 is 9.47 Å². The molecule has 1 fully saturated rings. The Balaban J connectivity index is 1.55. The summed E-state index contributed by atoms with van der Waals surface area (Å²) in [5, 5.41) is 7.17. The lowest BCUT2D eigenvalue weighted by Crippen LogP contribution is -2.44. The van der Waals surface area contributed by atoms with Crippen LogP contribution >= 0.6 is 0 Å². The van der Waals surface area contributed by atoms with Crippen LogP contribution in [0.3, 0.4) is 0 Å².